The van der Waals surface area contributed by atoms with Crippen molar-refractivity contribution in [3.8, 4) is 0 Å². The predicted octanol–water partition coefficient (Wildman–Crippen LogP) is 2.75. The van der Waals surface area contributed by atoms with Crippen LogP contribution in [0.3, 0.4) is 0 Å². The molecule has 8 heteroatoms. The summed E-state index contributed by atoms with van der Waals surface area (Å²) >= 11 is 0.733. The minimum atomic E-state index is -4.33. The van der Waals surface area contributed by atoms with Crippen LogP contribution in [0.25, 0.3) is 0 Å². The van der Waals surface area contributed by atoms with Crippen molar-refractivity contribution in [1.82, 2.24) is 9.88 Å². The van der Waals surface area contributed by atoms with E-state index < -0.39 is 11.2 Å². The highest BCUT2D eigenvalue weighted by Gasteiger charge is 2.34. The lowest BCUT2D eigenvalue weighted by atomic mass is 9.98. The highest BCUT2D eigenvalue weighted by Crippen LogP contribution is 2.33. The predicted molar refractivity (Wildman–Crippen MR) is 71.4 cm³/mol. The molecule has 3 nitrogen and oxygen atoms in total. The Labute approximate surface area is 120 Å². The number of nitrogens with zero attached hydrogens (tertiary/aromatic N) is 2. The highest BCUT2D eigenvalue weighted by molar-refractivity contribution is 7.11. The maximum Gasteiger partial charge on any atom is 0.443 e. The van der Waals surface area contributed by atoms with Crippen molar-refractivity contribution in [2.45, 2.75) is 25.6 Å². The first-order valence-corrected chi connectivity index (χ1v) is 6.75. The summed E-state index contributed by atoms with van der Waals surface area (Å²) in [6.45, 7) is 2.99. The van der Waals surface area contributed by atoms with Crippen LogP contribution in [-0.4, -0.2) is 29.5 Å². The minimum absolute atomic E-state index is 0. The molecule has 1 aliphatic rings. The van der Waals surface area contributed by atoms with E-state index in [0.717, 1.165) is 37.3 Å². The van der Waals surface area contributed by atoms with Crippen LogP contribution in [0.2, 0.25) is 0 Å². The zero-order valence-electron chi connectivity index (χ0n) is 10.3. The number of hydrogen-bond donors (Lipinski definition) is 1. The molecule has 1 unspecified atom stereocenters. The van der Waals surface area contributed by atoms with E-state index in [1.54, 1.807) is 0 Å². The molecule has 1 atom stereocenters. The molecule has 1 aliphatic heterocycles. The van der Waals surface area contributed by atoms with Gasteiger partial charge in [0.05, 0.1) is 0 Å². The molecule has 2 rings (SSSR count). The zero-order chi connectivity index (χ0) is 13.2. The van der Waals surface area contributed by atoms with Gasteiger partial charge in [0.1, 0.15) is 0 Å². The van der Waals surface area contributed by atoms with E-state index in [1.165, 1.54) is 6.20 Å². The third-order valence-corrected chi connectivity index (χ3v) is 4.14. The third-order valence-electron chi connectivity index (χ3n) is 3.11. The Morgan fingerprint density at radius 3 is 2.79 bits per heavy atom. The Kier molecular flexibility index (Phi) is 6.04. The van der Waals surface area contributed by atoms with Crippen LogP contribution >= 0.6 is 23.7 Å². The number of piperidine rings is 1. The van der Waals surface area contributed by atoms with Crippen molar-refractivity contribution in [3.05, 3.63) is 16.1 Å². The molecule has 0 radical (unpaired) electrons. The van der Waals surface area contributed by atoms with E-state index in [9.17, 15) is 13.2 Å². The molecule has 110 valence electrons. The molecule has 1 aromatic heterocycles. The molecule has 1 saturated heterocycles. The van der Waals surface area contributed by atoms with Crippen LogP contribution in [0.15, 0.2) is 6.20 Å². The first-order chi connectivity index (χ1) is 8.49. The summed E-state index contributed by atoms with van der Waals surface area (Å²) in [6, 6.07) is 0. The van der Waals surface area contributed by atoms with Crippen LogP contribution in [0.5, 0.6) is 0 Å². The molecular formula is C11H17ClF3N3S. The summed E-state index contributed by atoms with van der Waals surface area (Å²) in [5.74, 6) is 0.466. The van der Waals surface area contributed by atoms with Gasteiger partial charge < -0.3 is 5.73 Å². The van der Waals surface area contributed by atoms with Crippen LogP contribution in [0.4, 0.5) is 13.2 Å². The normalized spacial score (nSPS) is 21.2. The summed E-state index contributed by atoms with van der Waals surface area (Å²) in [7, 11) is 0. The smallest absolute Gasteiger partial charge is 0.330 e. The van der Waals surface area contributed by atoms with Crippen LogP contribution in [-0.2, 0) is 12.7 Å². The molecule has 0 amide bonds. The minimum Gasteiger partial charge on any atom is -0.330 e. The largest absolute Gasteiger partial charge is 0.443 e. The van der Waals surface area contributed by atoms with Crippen molar-refractivity contribution in [2.75, 3.05) is 19.6 Å². The molecular weight excluding hydrogens is 299 g/mol. The van der Waals surface area contributed by atoms with E-state index in [1.807, 2.05) is 0 Å². The SMILES string of the molecule is Cl.NCC1CCCN(Cc2cnc(C(F)(F)F)s2)C1. The van der Waals surface area contributed by atoms with E-state index in [-0.39, 0.29) is 12.4 Å². The van der Waals surface area contributed by atoms with Crippen LogP contribution in [0.1, 0.15) is 22.7 Å². The molecule has 0 bridgehead atoms. The quantitative estimate of drug-likeness (QED) is 0.932. The Morgan fingerprint density at radius 1 is 1.47 bits per heavy atom. The fraction of sp³-hybridized carbons (Fsp3) is 0.727. The number of rotatable bonds is 3. The fourth-order valence-electron chi connectivity index (χ4n) is 2.22. The molecule has 0 aliphatic carbocycles. The topological polar surface area (TPSA) is 42.1 Å². The third kappa shape index (κ3) is 4.59. The lowest BCUT2D eigenvalue weighted by Crippen LogP contribution is -2.37. The second kappa shape index (κ2) is 6.88. The van der Waals surface area contributed by atoms with Gasteiger partial charge in [0.15, 0.2) is 5.01 Å². The Morgan fingerprint density at radius 2 is 2.21 bits per heavy atom. The second-order valence-electron chi connectivity index (χ2n) is 4.61. The number of likely N-dealkylation sites (tertiary alicyclic amines) is 1. The van der Waals surface area contributed by atoms with Gasteiger partial charge in [-0.3, -0.25) is 4.90 Å². The lowest BCUT2D eigenvalue weighted by Gasteiger charge is -2.31. The van der Waals surface area contributed by atoms with Crippen molar-refractivity contribution in [1.29, 1.82) is 0 Å². The summed E-state index contributed by atoms with van der Waals surface area (Å²) in [6.07, 6.45) is -0.819. The van der Waals surface area contributed by atoms with Crippen molar-refractivity contribution >= 4 is 23.7 Å². The number of hydrogen-bond acceptors (Lipinski definition) is 4. The van der Waals surface area contributed by atoms with Gasteiger partial charge in [0.2, 0.25) is 0 Å². The summed E-state index contributed by atoms with van der Waals surface area (Å²) in [5, 5.41) is -0.759. The molecule has 19 heavy (non-hydrogen) atoms. The maximum absolute atomic E-state index is 12.4. The van der Waals surface area contributed by atoms with E-state index in [2.05, 4.69) is 9.88 Å². The van der Waals surface area contributed by atoms with Crippen molar-refractivity contribution in [2.24, 2.45) is 11.7 Å². The van der Waals surface area contributed by atoms with Gasteiger partial charge in [-0.05, 0) is 31.8 Å². The highest BCUT2D eigenvalue weighted by atomic mass is 35.5. The Bertz CT molecular complexity index is 397. The summed E-state index contributed by atoms with van der Waals surface area (Å²) < 4.78 is 37.2. The summed E-state index contributed by atoms with van der Waals surface area (Å²) in [5.41, 5.74) is 5.63. The first kappa shape index (κ1) is 16.7. The first-order valence-electron chi connectivity index (χ1n) is 5.93. The van der Waals surface area contributed by atoms with Crippen molar-refractivity contribution < 1.29 is 13.2 Å². The summed E-state index contributed by atoms with van der Waals surface area (Å²) in [4.78, 5) is 6.26. The molecule has 1 aromatic rings. The Hall–Kier alpha value is -0.370. The van der Waals surface area contributed by atoms with E-state index in [4.69, 9.17) is 5.73 Å². The van der Waals surface area contributed by atoms with E-state index in [0.29, 0.717) is 23.9 Å². The van der Waals surface area contributed by atoms with Gasteiger partial charge in [-0.15, -0.1) is 23.7 Å². The standard InChI is InChI=1S/C11H16F3N3S.ClH/c12-11(13,14)10-16-5-9(18-10)7-17-3-1-2-8(4-15)6-17;/h5,8H,1-4,6-7,15H2;1H. The number of nitrogens with two attached hydrogens (primary N) is 1. The second-order valence-corrected chi connectivity index (χ2v) is 5.72. The van der Waals surface area contributed by atoms with Crippen LogP contribution in [0, 0.1) is 5.92 Å². The number of thiazole rings is 1. The van der Waals surface area contributed by atoms with Gasteiger partial charge in [0.25, 0.3) is 0 Å². The average Bonchev–Trinajstić information content (AvgIpc) is 2.77. The van der Waals surface area contributed by atoms with E-state index >= 15 is 0 Å². The molecule has 2 heterocycles. The van der Waals surface area contributed by atoms with Crippen molar-refractivity contribution in [3.63, 3.8) is 0 Å². The zero-order valence-corrected chi connectivity index (χ0v) is 12.0. The molecule has 0 spiro atoms. The van der Waals surface area contributed by atoms with Crippen LogP contribution < -0.4 is 5.73 Å². The number of aromatic nitrogens is 1. The average molecular weight is 316 g/mol. The Balaban J connectivity index is 0.00000180. The molecule has 0 aromatic carbocycles. The lowest BCUT2D eigenvalue weighted by molar-refractivity contribution is -0.137. The number of alkyl halides is 3. The van der Waals surface area contributed by atoms with Gasteiger partial charge in [0, 0.05) is 24.2 Å². The maximum atomic E-state index is 12.4. The monoisotopic (exact) mass is 315 g/mol. The fourth-order valence-corrected chi connectivity index (χ4v) is 3.04. The molecule has 2 N–H and O–H groups in total. The molecule has 0 saturated carbocycles. The molecule has 1 fully saturated rings. The number of halogens is 4. The van der Waals surface area contributed by atoms with Gasteiger partial charge >= 0.3 is 6.18 Å². The van der Waals surface area contributed by atoms with Gasteiger partial charge in [-0.2, -0.15) is 13.2 Å². The van der Waals surface area contributed by atoms with Gasteiger partial charge in [-0.1, -0.05) is 0 Å². The van der Waals surface area contributed by atoms with Gasteiger partial charge in [-0.25, -0.2) is 4.98 Å².